The van der Waals surface area contributed by atoms with E-state index in [0.29, 0.717) is 12.8 Å². The van der Waals surface area contributed by atoms with E-state index in [-0.39, 0.29) is 30.4 Å². The van der Waals surface area contributed by atoms with Crippen molar-refractivity contribution in [3.63, 3.8) is 0 Å². The molecule has 0 saturated carbocycles. The molecule has 2 heterocycles. The summed E-state index contributed by atoms with van der Waals surface area (Å²) >= 11 is 5.96. The van der Waals surface area contributed by atoms with Gasteiger partial charge < -0.3 is 13.8 Å². The van der Waals surface area contributed by atoms with E-state index in [1.807, 2.05) is 0 Å². The van der Waals surface area contributed by atoms with Crippen LogP contribution in [0, 0.1) is 0 Å². The van der Waals surface area contributed by atoms with Crippen molar-refractivity contribution in [3.8, 4) is 5.75 Å². The Morgan fingerprint density at radius 1 is 1.32 bits per heavy atom. The average Bonchev–Trinajstić information content (AvgIpc) is 3.20. The van der Waals surface area contributed by atoms with Crippen molar-refractivity contribution in [2.75, 3.05) is 24.6 Å². The monoisotopic (exact) mass is 531 g/mol. The first-order chi connectivity index (χ1) is 15.9. The van der Waals surface area contributed by atoms with E-state index in [0.717, 1.165) is 23.0 Å². The Morgan fingerprint density at radius 2 is 2.03 bits per heavy atom. The molecule has 34 heavy (non-hydrogen) atoms. The van der Waals surface area contributed by atoms with Crippen molar-refractivity contribution < 1.29 is 44.1 Å². The summed E-state index contributed by atoms with van der Waals surface area (Å²) in [5.41, 5.74) is -6.76. The molecule has 1 aromatic carbocycles. The number of anilines is 1. The van der Waals surface area contributed by atoms with Crippen molar-refractivity contribution in [3.05, 3.63) is 40.7 Å². The summed E-state index contributed by atoms with van der Waals surface area (Å²) in [7, 11) is -5.96. The Balaban J connectivity index is 1.95. The summed E-state index contributed by atoms with van der Waals surface area (Å²) in [5.74, 6) is -1.58. The molecule has 1 aromatic heterocycles. The van der Waals surface area contributed by atoms with E-state index in [1.54, 1.807) is 0 Å². The third-order valence-electron chi connectivity index (χ3n) is 5.02. The van der Waals surface area contributed by atoms with Crippen LogP contribution in [0.5, 0.6) is 5.75 Å². The lowest BCUT2D eigenvalue weighted by molar-refractivity contribution is -0.0499. The molecule has 0 spiro atoms. The lowest BCUT2D eigenvalue weighted by Gasteiger charge is -2.35. The molecule has 0 N–H and O–H groups in total. The van der Waals surface area contributed by atoms with Gasteiger partial charge in [-0.2, -0.15) is 26.7 Å². The molecular weight excluding hydrogens is 513 g/mol. The van der Waals surface area contributed by atoms with Gasteiger partial charge in [0.1, 0.15) is 11.3 Å². The van der Waals surface area contributed by atoms with Gasteiger partial charge in [-0.15, -0.1) is 0 Å². The highest BCUT2D eigenvalue weighted by molar-refractivity contribution is 7.88. The minimum Gasteiger partial charge on any atom is -0.462 e. The minimum atomic E-state index is -5.96. The van der Waals surface area contributed by atoms with E-state index < -0.39 is 51.1 Å². The fourth-order valence-electron chi connectivity index (χ4n) is 3.59. The zero-order valence-electron chi connectivity index (χ0n) is 17.6. The largest absolute Gasteiger partial charge is 0.534 e. The Hall–Kier alpha value is -2.61. The minimum absolute atomic E-state index is 0.0255. The van der Waals surface area contributed by atoms with Crippen LogP contribution in [0.3, 0.4) is 0 Å². The molecule has 1 fully saturated rings. The number of benzene rings is 1. The number of carbonyl (C=O) groups is 1. The van der Waals surface area contributed by atoms with Crippen LogP contribution in [-0.4, -0.2) is 49.4 Å². The number of halogens is 6. The van der Waals surface area contributed by atoms with Crippen LogP contribution in [0.1, 0.15) is 48.3 Å². The van der Waals surface area contributed by atoms with E-state index in [1.165, 1.54) is 17.9 Å². The Morgan fingerprint density at radius 3 is 2.65 bits per heavy atom. The van der Waals surface area contributed by atoms with Crippen molar-refractivity contribution in [2.24, 2.45) is 0 Å². The van der Waals surface area contributed by atoms with E-state index in [9.17, 15) is 35.2 Å². The lowest BCUT2D eigenvalue weighted by Crippen LogP contribution is -2.38. The topological polar surface area (TPSA) is 90.7 Å². The third-order valence-corrected chi connectivity index (χ3v) is 6.22. The fraction of sp³-hybridized carbons (Fsp3) is 0.474. The first-order valence-electron chi connectivity index (χ1n) is 9.93. The van der Waals surface area contributed by atoms with E-state index in [4.69, 9.17) is 16.3 Å². The van der Waals surface area contributed by atoms with E-state index >= 15 is 0 Å². The molecule has 1 aliphatic heterocycles. The highest BCUT2D eigenvalue weighted by Crippen LogP contribution is 2.39. The van der Waals surface area contributed by atoms with Crippen molar-refractivity contribution in [1.29, 1.82) is 0 Å². The molecule has 0 radical (unpaired) electrons. The number of hydrogen-bond acceptors (Lipinski definition) is 7. The predicted molar refractivity (Wildman–Crippen MR) is 111 cm³/mol. The maximum atomic E-state index is 13.8. The summed E-state index contributed by atoms with van der Waals surface area (Å²) in [5, 5.41) is 4.02. The van der Waals surface area contributed by atoms with Gasteiger partial charge in [0, 0.05) is 18.1 Å². The highest BCUT2D eigenvalue weighted by atomic mass is 35.5. The maximum Gasteiger partial charge on any atom is 0.534 e. The molecule has 1 saturated heterocycles. The van der Waals surface area contributed by atoms with Crippen LogP contribution in [0.4, 0.5) is 27.6 Å². The predicted octanol–water partition coefficient (Wildman–Crippen LogP) is 4.72. The van der Waals surface area contributed by atoms with Gasteiger partial charge in [0.25, 0.3) is 6.43 Å². The summed E-state index contributed by atoms with van der Waals surface area (Å²) in [6.45, 7) is 1.69. The lowest BCUT2D eigenvalue weighted by atomic mass is 10.0. The molecule has 3 rings (SSSR count). The van der Waals surface area contributed by atoms with Crippen LogP contribution >= 0.6 is 11.6 Å². The molecule has 2 aromatic rings. The highest BCUT2D eigenvalue weighted by Gasteiger charge is 2.49. The molecule has 1 unspecified atom stereocenters. The number of esters is 1. The van der Waals surface area contributed by atoms with Crippen LogP contribution in [0.15, 0.2) is 24.4 Å². The number of ether oxygens (including phenoxy) is 1. The van der Waals surface area contributed by atoms with Gasteiger partial charge in [-0.25, -0.2) is 13.6 Å². The Bertz CT molecular complexity index is 1160. The average molecular weight is 532 g/mol. The van der Waals surface area contributed by atoms with Gasteiger partial charge in [-0.05, 0) is 38.0 Å². The second-order valence-corrected chi connectivity index (χ2v) is 9.22. The van der Waals surface area contributed by atoms with Crippen molar-refractivity contribution >= 4 is 33.4 Å². The van der Waals surface area contributed by atoms with Crippen LogP contribution in [0.2, 0.25) is 5.02 Å². The zero-order valence-corrected chi connectivity index (χ0v) is 19.1. The fourth-order valence-corrected chi connectivity index (χ4v) is 4.23. The van der Waals surface area contributed by atoms with Crippen molar-refractivity contribution in [2.45, 2.75) is 37.7 Å². The summed E-state index contributed by atoms with van der Waals surface area (Å²) < 4.78 is 99.3. The number of rotatable bonds is 7. The summed E-state index contributed by atoms with van der Waals surface area (Å²) in [6, 6.07) is 2.63. The molecule has 8 nitrogen and oxygen atoms in total. The molecule has 0 bridgehead atoms. The molecule has 0 amide bonds. The molecule has 188 valence electrons. The number of piperidine rings is 1. The number of aromatic nitrogens is 2. The van der Waals surface area contributed by atoms with Gasteiger partial charge in [0.05, 0.1) is 24.5 Å². The van der Waals surface area contributed by atoms with Gasteiger partial charge >= 0.3 is 21.6 Å². The standard InChI is InChI=1S/C19H19ClF5N3O5S/c1-2-32-18(29)13-9-26-28(16(13)17(21)22)12-4-3-7-27(10-12)14-8-11(20)5-6-15(14)33-34(30,31)19(23,24)25/h5-6,8-9,12,17H,2-4,7,10H2,1H3. The maximum absolute atomic E-state index is 13.8. The zero-order chi connectivity index (χ0) is 25.3. The quantitative estimate of drug-likeness (QED) is 0.221. The second-order valence-electron chi connectivity index (χ2n) is 7.25. The Kier molecular flexibility index (Phi) is 7.60. The molecule has 1 aliphatic rings. The molecule has 0 aliphatic carbocycles. The van der Waals surface area contributed by atoms with Crippen molar-refractivity contribution in [1.82, 2.24) is 9.78 Å². The van der Waals surface area contributed by atoms with Crippen LogP contribution in [-0.2, 0) is 14.9 Å². The SMILES string of the molecule is CCOC(=O)c1cnn(C2CCCN(c3cc(Cl)ccc3OS(=O)(=O)C(F)(F)F)C2)c1C(F)F. The second kappa shape index (κ2) is 9.94. The van der Waals surface area contributed by atoms with Gasteiger partial charge in [-0.3, -0.25) is 4.68 Å². The molecule has 15 heteroatoms. The number of hydrogen-bond donors (Lipinski definition) is 0. The third kappa shape index (κ3) is 5.37. The number of alkyl halides is 5. The summed E-state index contributed by atoms with van der Waals surface area (Å²) in [4.78, 5) is 13.5. The van der Waals surface area contributed by atoms with Gasteiger partial charge in [0.15, 0.2) is 5.75 Å². The first kappa shape index (κ1) is 26.0. The number of nitrogens with zero attached hydrogens (tertiary/aromatic N) is 3. The molecular formula is C19H19ClF5N3O5S. The van der Waals surface area contributed by atoms with Crippen LogP contribution in [0.25, 0.3) is 0 Å². The number of carbonyl (C=O) groups excluding carboxylic acids is 1. The van der Waals surface area contributed by atoms with Gasteiger partial charge in [0.2, 0.25) is 0 Å². The summed E-state index contributed by atoms with van der Waals surface area (Å²) in [6.07, 6.45) is -1.33. The molecule has 1 atom stereocenters. The smallest absolute Gasteiger partial charge is 0.462 e. The van der Waals surface area contributed by atoms with Crippen LogP contribution < -0.4 is 9.08 Å². The normalized spacial score (nSPS) is 17.2. The van der Waals surface area contributed by atoms with Gasteiger partial charge in [-0.1, -0.05) is 11.6 Å². The van der Waals surface area contributed by atoms with E-state index in [2.05, 4.69) is 9.28 Å². The Labute approximate surface area is 196 Å². The first-order valence-corrected chi connectivity index (χ1v) is 11.7.